The minimum atomic E-state index is -1.23. The van der Waals surface area contributed by atoms with Crippen molar-refractivity contribution in [3.63, 3.8) is 0 Å². The predicted octanol–water partition coefficient (Wildman–Crippen LogP) is 3.14. The Morgan fingerprint density at radius 1 is 1.39 bits per heavy atom. The van der Waals surface area contributed by atoms with E-state index in [1.165, 1.54) is 0 Å². The topological polar surface area (TPSA) is 46.5 Å². The molecule has 1 aromatic rings. The van der Waals surface area contributed by atoms with Gasteiger partial charge in [0.15, 0.2) is 0 Å². The molecule has 4 heteroatoms. The molecule has 0 saturated carbocycles. The Morgan fingerprint density at radius 3 is 2.39 bits per heavy atom. The van der Waals surface area contributed by atoms with Crippen molar-refractivity contribution >= 4 is 17.6 Å². The van der Waals surface area contributed by atoms with Crippen molar-refractivity contribution in [1.29, 1.82) is 0 Å². The van der Waals surface area contributed by atoms with Gasteiger partial charge in [0.25, 0.3) is 0 Å². The number of ether oxygens (including phenoxy) is 1. The molecule has 0 unspecified atom stereocenters. The minimum absolute atomic E-state index is 0.0554. The highest BCUT2D eigenvalue weighted by atomic mass is 35.5. The molecular weight excluding hydrogens is 252 g/mol. The molecule has 0 fully saturated rings. The molecule has 0 radical (unpaired) electrons. The van der Waals surface area contributed by atoms with Crippen molar-refractivity contribution in [3.05, 3.63) is 34.9 Å². The Bertz CT molecular complexity index is 400. The van der Waals surface area contributed by atoms with Gasteiger partial charge in [-0.1, -0.05) is 37.6 Å². The SMILES string of the molecule is CCOC(=O)C[C@@](O)(c1ccc(Cl)cc1)C(C)C. The Kier molecular flexibility index (Phi) is 5.17. The van der Waals surface area contributed by atoms with Gasteiger partial charge in [0.2, 0.25) is 0 Å². The average Bonchev–Trinajstić information content (AvgIpc) is 2.29. The van der Waals surface area contributed by atoms with Crippen molar-refractivity contribution in [2.45, 2.75) is 32.8 Å². The summed E-state index contributed by atoms with van der Waals surface area (Å²) in [6, 6.07) is 6.88. The van der Waals surface area contributed by atoms with Gasteiger partial charge in [0, 0.05) is 5.02 Å². The summed E-state index contributed by atoms with van der Waals surface area (Å²) in [5, 5.41) is 11.3. The highest BCUT2D eigenvalue weighted by molar-refractivity contribution is 6.30. The van der Waals surface area contributed by atoms with E-state index in [1.54, 1.807) is 31.2 Å². The van der Waals surface area contributed by atoms with Crippen molar-refractivity contribution in [1.82, 2.24) is 0 Å². The molecule has 0 aliphatic carbocycles. The van der Waals surface area contributed by atoms with Crippen LogP contribution in [-0.2, 0) is 15.1 Å². The van der Waals surface area contributed by atoms with E-state index >= 15 is 0 Å². The standard InChI is InChI=1S/C14H19ClO3/c1-4-18-13(16)9-14(17,10(2)3)11-5-7-12(15)8-6-11/h5-8,10,17H,4,9H2,1-3H3/t14-/m0/s1. The van der Waals surface area contributed by atoms with Crippen molar-refractivity contribution in [2.24, 2.45) is 5.92 Å². The molecule has 1 atom stereocenters. The number of hydrogen-bond donors (Lipinski definition) is 1. The maximum absolute atomic E-state index is 11.6. The first-order valence-corrected chi connectivity index (χ1v) is 6.42. The number of benzene rings is 1. The fourth-order valence-corrected chi connectivity index (χ4v) is 1.94. The predicted molar refractivity (Wildman–Crippen MR) is 71.4 cm³/mol. The first-order valence-electron chi connectivity index (χ1n) is 6.04. The second kappa shape index (κ2) is 6.21. The van der Waals surface area contributed by atoms with Crippen molar-refractivity contribution in [2.75, 3.05) is 6.61 Å². The van der Waals surface area contributed by atoms with Crippen LogP contribution in [-0.4, -0.2) is 17.7 Å². The number of carbonyl (C=O) groups excluding carboxylic acids is 1. The molecule has 0 bridgehead atoms. The first-order chi connectivity index (χ1) is 8.40. The lowest BCUT2D eigenvalue weighted by molar-refractivity contribution is -0.151. The van der Waals surface area contributed by atoms with Crippen molar-refractivity contribution < 1.29 is 14.6 Å². The van der Waals surface area contributed by atoms with Gasteiger partial charge in [-0.15, -0.1) is 0 Å². The number of carbonyl (C=O) groups is 1. The lowest BCUT2D eigenvalue weighted by atomic mass is 9.81. The van der Waals surface area contributed by atoms with Crippen LogP contribution in [0.25, 0.3) is 0 Å². The third kappa shape index (κ3) is 3.47. The maximum atomic E-state index is 11.6. The van der Waals surface area contributed by atoms with E-state index in [2.05, 4.69) is 0 Å². The number of rotatable bonds is 5. The van der Waals surface area contributed by atoms with Crippen LogP contribution in [0.2, 0.25) is 5.02 Å². The van der Waals surface area contributed by atoms with Crippen LogP contribution in [0.3, 0.4) is 0 Å². The largest absolute Gasteiger partial charge is 0.466 e. The first kappa shape index (κ1) is 15.0. The summed E-state index contributed by atoms with van der Waals surface area (Å²) in [7, 11) is 0. The van der Waals surface area contributed by atoms with Crippen LogP contribution in [0.5, 0.6) is 0 Å². The average molecular weight is 271 g/mol. The van der Waals surface area contributed by atoms with E-state index in [4.69, 9.17) is 16.3 Å². The second-order valence-electron chi connectivity index (χ2n) is 4.57. The van der Waals surface area contributed by atoms with Crippen LogP contribution in [0.15, 0.2) is 24.3 Å². The van der Waals surface area contributed by atoms with Gasteiger partial charge >= 0.3 is 5.97 Å². The third-order valence-corrected chi connectivity index (χ3v) is 3.27. The van der Waals surface area contributed by atoms with Crippen LogP contribution in [0.1, 0.15) is 32.8 Å². The molecule has 1 rings (SSSR count). The molecule has 18 heavy (non-hydrogen) atoms. The molecule has 0 aliphatic heterocycles. The Morgan fingerprint density at radius 2 is 1.94 bits per heavy atom. The molecule has 3 nitrogen and oxygen atoms in total. The third-order valence-electron chi connectivity index (χ3n) is 3.02. The van der Waals surface area contributed by atoms with Gasteiger partial charge in [-0.25, -0.2) is 0 Å². The van der Waals surface area contributed by atoms with Gasteiger partial charge in [-0.3, -0.25) is 4.79 Å². The summed E-state index contributed by atoms with van der Waals surface area (Å²) in [4.78, 5) is 11.6. The van der Waals surface area contributed by atoms with E-state index in [9.17, 15) is 9.90 Å². The summed E-state index contributed by atoms with van der Waals surface area (Å²) in [6.45, 7) is 5.80. The van der Waals surface area contributed by atoms with Crippen molar-refractivity contribution in [3.8, 4) is 0 Å². The quantitative estimate of drug-likeness (QED) is 0.836. The highest BCUT2D eigenvalue weighted by Crippen LogP contribution is 2.34. The fourth-order valence-electron chi connectivity index (χ4n) is 1.81. The van der Waals surface area contributed by atoms with Gasteiger partial charge in [-0.2, -0.15) is 0 Å². The summed E-state index contributed by atoms with van der Waals surface area (Å²) in [5.41, 5.74) is -0.549. The lowest BCUT2D eigenvalue weighted by Crippen LogP contribution is -2.35. The monoisotopic (exact) mass is 270 g/mol. The van der Waals surface area contributed by atoms with Crippen LogP contribution >= 0.6 is 11.6 Å². The molecule has 100 valence electrons. The number of aliphatic hydroxyl groups is 1. The highest BCUT2D eigenvalue weighted by Gasteiger charge is 2.36. The molecule has 0 saturated heterocycles. The van der Waals surface area contributed by atoms with E-state index < -0.39 is 11.6 Å². The Balaban J connectivity index is 2.99. The zero-order valence-electron chi connectivity index (χ0n) is 10.9. The summed E-state index contributed by atoms with van der Waals surface area (Å²) >= 11 is 5.82. The Hall–Kier alpha value is -1.06. The van der Waals surface area contributed by atoms with Crippen LogP contribution < -0.4 is 0 Å². The summed E-state index contributed by atoms with van der Waals surface area (Å²) < 4.78 is 4.91. The molecular formula is C14H19ClO3. The normalized spacial score (nSPS) is 14.3. The van der Waals surface area contributed by atoms with Gasteiger partial charge < -0.3 is 9.84 Å². The summed E-state index contributed by atoms with van der Waals surface area (Å²) in [5.74, 6) is -0.508. The molecule has 0 heterocycles. The number of halogens is 1. The molecule has 0 aliphatic rings. The minimum Gasteiger partial charge on any atom is -0.466 e. The second-order valence-corrected chi connectivity index (χ2v) is 5.00. The number of esters is 1. The molecule has 1 aromatic carbocycles. The fraction of sp³-hybridized carbons (Fsp3) is 0.500. The molecule has 0 amide bonds. The summed E-state index contributed by atoms with van der Waals surface area (Å²) in [6.07, 6.45) is -0.0554. The van der Waals surface area contributed by atoms with Gasteiger partial charge in [0.1, 0.15) is 5.60 Å². The maximum Gasteiger partial charge on any atom is 0.309 e. The molecule has 0 aromatic heterocycles. The van der Waals surface area contributed by atoms with E-state index in [1.807, 2.05) is 13.8 Å². The zero-order chi connectivity index (χ0) is 13.8. The van der Waals surface area contributed by atoms with Crippen LogP contribution in [0.4, 0.5) is 0 Å². The van der Waals surface area contributed by atoms with Crippen LogP contribution in [0, 0.1) is 5.92 Å². The van der Waals surface area contributed by atoms with E-state index in [0.717, 1.165) is 0 Å². The smallest absolute Gasteiger partial charge is 0.309 e. The van der Waals surface area contributed by atoms with Gasteiger partial charge in [-0.05, 0) is 30.5 Å². The number of hydrogen-bond acceptors (Lipinski definition) is 3. The van der Waals surface area contributed by atoms with Gasteiger partial charge in [0.05, 0.1) is 13.0 Å². The Labute approximate surface area is 113 Å². The van der Waals surface area contributed by atoms with E-state index in [-0.39, 0.29) is 12.3 Å². The van der Waals surface area contributed by atoms with E-state index in [0.29, 0.717) is 17.2 Å². The zero-order valence-corrected chi connectivity index (χ0v) is 11.7. The lowest BCUT2D eigenvalue weighted by Gasteiger charge is -2.31. The molecule has 0 spiro atoms. The molecule has 1 N–H and O–H groups in total.